The lowest BCUT2D eigenvalue weighted by Gasteiger charge is -2.32. The molecular formula is C22H26N6O2. The van der Waals surface area contributed by atoms with Crippen LogP contribution in [0.3, 0.4) is 0 Å². The highest BCUT2D eigenvalue weighted by Crippen LogP contribution is 2.23. The fraction of sp³-hybridized carbons (Fsp3) is 0.455. The average molecular weight is 406 g/mol. The first-order valence-electron chi connectivity index (χ1n) is 10.6. The van der Waals surface area contributed by atoms with Crippen molar-refractivity contribution < 1.29 is 4.74 Å². The number of hydrogen-bond acceptors (Lipinski definition) is 6. The second-order valence-electron chi connectivity index (χ2n) is 8.09. The van der Waals surface area contributed by atoms with Crippen LogP contribution < -0.4 is 5.56 Å². The molecule has 0 amide bonds. The number of likely N-dealkylation sites (tertiary alicyclic amines) is 1. The normalized spacial score (nSPS) is 17.7. The van der Waals surface area contributed by atoms with Gasteiger partial charge < -0.3 is 4.74 Å². The molecule has 3 aromatic heterocycles. The Bertz CT molecular complexity index is 1050. The molecule has 0 radical (unpaired) electrons. The number of ether oxygens (including phenoxy) is 1. The fourth-order valence-electron chi connectivity index (χ4n) is 4.33. The standard InChI is InChI=1S/C22H26N6O2/c29-22-2-1-20(18-3-7-23-8-4-18)25-28(22)14-17-5-9-26(10-6-17)15-19-13-24-27-11-12-30-16-21(19)27/h1-4,7-8,13,17H,5-6,9-12,14-16H2. The Morgan fingerprint density at radius 3 is 2.73 bits per heavy atom. The van der Waals surface area contributed by atoms with E-state index in [1.54, 1.807) is 29.2 Å². The Labute approximate surface area is 175 Å². The molecule has 0 atom stereocenters. The van der Waals surface area contributed by atoms with E-state index >= 15 is 0 Å². The summed E-state index contributed by atoms with van der Waals surface area (Å²) in [7, 11) is 0. The zero-order valence-corrected chi connectivity index (χ0v) is 17.0. The molecule has 0 saturated carbocycles. The summed E-state index contributed by atoms with van der Waals surface area (Å²) in [6.07, 6.45) is 7.60. The highest BCUT2D eigenvalue weighted by molar-refractivity contribution is 5.56. The number of fused-ring (bicyclic) bond motifs is 1. The van der Waals surface area contributed by atoms with Crippen LogP contribution in [0, 0.1) is 5.92 Å². The Balaban J connectivity index is 1.20. The quantitative estimate of drug-likeness (QED) is 0.644. The molecule has 8 nitrogen and oxygen atoms in total. The third kappa shape index (κ3) is 4.06. The molecule has 0 bridgehead atoms. The Hall–Kier alpha value is -2.84. The van der Waals surface area contributed by atoms with Crippen molar-refractivity contribution in [3.05, 3.63) is 64.5 Å². The van der Waals surface area contributed by atoms with Crippen molar-refractivity contribution in [3.63, 3.8) is 0 Å². The molecule has 5 rings (SSSR count). The molecule has 0 N–H and O–H groups in total. The number of hydrogen-bond donors (Lipinski definition) is 0. The van der Waals surface area contributed by atoms with Crippen LogP contribution in [0.15, 0.2) is 47.7 Å². The van der Waals surface area contributed by atoms with Gasteiger partial charge in [-0.25, -0.2) is 4.68 Å². The van der Waals surface area contributed by atoms with E-state index in [9.17, 15) is 4.79 Å². The van der Waals surface area contributed by atoms with Gasteiger partial charge in [0.2, 0.25) is 0 Å². The van der Waals surface area contributed by atoms with E-state index in [1.165, 1.54) is 11.3 Å². The first-order valence-corrected chi connectivity index (χ1v) is 10.6. The molecule has 0 aliphatic carbocycles. The molecule has 30 heavy (non-hydrogen) atoms. The Morgan fingerprint density at radius 2 is 1.90 bits per heavy atom. The van der Waals surface area contributed by atoms with E-state index in [0.717, 1.165) is 56.9 Å². The summed E-state index contributed by atoms with van der Waals surface area (Å²) in [5.74, 6) is 0.462. The third-order valence-corrected chi connectivity index (χ3v) is 6.10. The molecule has 0 unspecified atom stereocenters. The van der Waals surface area contributed by atoms with Crippen LogP contribution in [0.2, 0.25) is 0 Å². The summed E-state index contributed by atoms with van der Waals surface area (Å²) in [6, 6.07) is 7.22. The van der Waals surface area contributed by atoms with E-state index in [-0.39, 0.29) is 5.56 Å². The van der Waals surface area contributed by atoms with Gasteiger partial charge in [-0.05, 0) is 50.0 Å². The van der Waals surface area contributed by atoms with Crippen molar-refractivity contribution in [2.75, 3.05) is 19.7 Å². The SMILES string of the molecule is O=c1ccc(-c2ccncc2)nn1CC1CCN(Cc2cnn3c2COCC3)CC1. The maximum absolute atomic E-state index is 12.3. The molecule has 1 saturated heterocycles. The van der Waals surface area contributed by atoms with Gasteiger partial charge in [-0.15, -0.1) is 0 Å². The first-order chi connectivity index (χ1) is 14.8. The van der Waals surface area contributed by atoms with Crippen LogP contribution in [-0.4, -0.2) is 49.1 Å². The van der Waals surface area contributed by atoms with E-state index in [2.05, 4.69) is 24.8 Å². The minimum absolute atomic E-state index is 0.0400. The number of aromatic nitrogens is 5. The zero-order chi connectivity index (χ0) is 20.3. The maximum Gasteiger partial charge on any atom is 0.266 e. The molecule has 0 spiro atoms. The molecule has 1 fully saturated rings. The molecule has 2 aliphatic heterocycles. The number of pyridine rings is 1. The highest BCUT2D eigenvalue weighted by Gasteiger charge is 2.23. The van der Waals surface area contributed by atoms with E-state index in [4.69, 9.17) is 4.74 Å². The predicted molar refractivity (Wildman–Crippen MR) is 112 cm³/mol. The summed E-state index contributed by atoms with van der Waals surface area (Å²) in [4.78, 5) is 18.9. The van der Waals surface area contributed by atoms with Crippen LogP contribution in [0.4, 0.5) is 0 Å². The van der Waals surface area contributed by atoms with Gasteiger partial charge in [-0.1, -0.05) is 0 Å². The maximum atomic E-state index is 12.3. The summed E-state index contributed by atoms with van der Waals surface area (Å²) < 4.78 is 9.29. The largest absolute Gasteiger partial charge is 0.373 e. The van der Waals surface area contributed by atoms with Gasteiger partial charge in [0.15, 0.2) is 0 Å². The van der Waals surface area contributed by atoms with Gasteiger partial charge in [0, 0.05) is 42.7 Å². The molecule has 5 heterocycles. The van der Waals surface area contributed by atoms with Crippen molar-refractivity contribution in [3.8, 4) is 11.3 Å². The van der Waals surface area contributed by atoms with E-state index in [0.29, 0.717) is 19.1 Å². The van der Waals surface area contributed by atoms with Gasteiger partial charge >= 0.3 is 0 Å². The lowest BCUT2D eigenvalue weighted by molar-refractivity contribution is 0.0782. The highest BCUT2D eigenvalue weighted by atomic mass is 16.5. The lowest BCUT2D eigenvalue weighted by atomic mass is 9.96. The third-order valence-electron chi connectivity index (χ3n) is 6.10. The van der Waals surface area contributed by atoms with Gasteiger partial charge in [-0.3, -0.25) is 19.4 Å². The minimum Gasteiger partial charge on any atom is -0.373 e. The fourth-order valence-corrected chi connectivity index (χ4v) is 4.33. The molecule has 2 aliphatic rings. The van der Waals surface area contributed by atoms with Crippen LogP contribution in [0.1, 0.15) is 24.1 Å². The average Bonchev–Trinajstić information content (AvgIpc) is 3.20. The summed E-state index contributed by atoms with van der Waals surface area (Å²) >= 11 is 0. The monoisotopic (exact) mass is 406 g/mol. The second kappa shape index (κ2) is 8.49. The molecule has 3 aromatic rings. The van der Waals surface area contributed by atoms with Gasteiger partial charge in [0.1, 0.15) is 0 Å². The topological polar surface area (TPSA) is 78.1 Å². The lowest BCUT2D eigenvalue weighted by Crippen LogP contribution is -2.36. The molecule has 8 heteroatoms. The van der Waals surface area contributed by atoms with Crippen molar-refractivity contribution in [1.29, 1.82) is 0 Å². The van der Waals surface area contributed by atoms with Crippen molar-refractivity contribution in [2.24, 2.45) is 5.92 Å². The second-order valence-corrected chi connectivity index (χ2v) is 8.09. The summed E-state index contributed by atoms with van der Waals surface area (Å²) in [5, 5.41) is 9.10. The summed E-state index contributed by atoms with van der Waals surface area (Å²) in [5.41, 5.74) is 4.23. The van der Waals surface area contributed by atoms with Crippen molar-refractivity contribution in [1.82, 2.24) is 29.4 Å². The van der Waals surface area contributed by atoms with Crippen molar-refractivity contribution >= 4 is 0 Å². The number of nitrogens with zero attached hydrogens (tertiary/aromatic N) is 6. The van der Waals surface area contributed by atoms with Crippen LogP contribution in [0.25, 0.3) is 11.3 Å². The summed E-state index contributed by atoms with van der Waals surface area (Å²) in [6.45, 7) is 5.88. The smallest absolute Gasteiger partial charge is 0.266 e. The predicted octanol–water partition coefficient (Wildman–Crippen LogP) is 1.94. The van der Waals surface area contributed by atoms with E-state index in [1.807, 2.05) is 18.3 Å². The van der Waals surface area contributed by atoms with Gasteiger partial charge in [-0.2, -0.15) is 10.2 Å². The molecule has 156 valence electrons. The van der Waals surface area contributed by atoms with Crippen LogP contribution >= 0.6 is 0 Å². The molecule has 0 aromatic carbocycles. The van der Waals surface area contributed by atoms with Crippen molar-refractivity contribution in [2.45, 2.75) is 39.1 Å². The number of piperidine rings is 1. The number of rotatable bonds is 5. The Kier molecular flexibility index (Phi) is 5.42. The van der Waals surface area contributed by atoms with E-state index < -0.39 is 0 Å². The minimum atomic E-state index is -0.0400. The van der Waals surface area contributed by atoms with Crippen LogP contribution in [0.5, 0.6) is 0 Å². The first kappa shape index (κ1) is 19.1. The molecular weight excluding hydrogens is 380 g/mol. The van der Waals surface area contributed by atoms with Gasteiger partial charge in [0.05, 0.1) is 37.3 Å². The Morgan fingerprint density at radius 1 is 1.07 bits per heavy atom. The zero-order valence-electron chi connectivity index (χ0n) is 17.0. The van der Waals surface area contributed by atoms with Gasteiger partial charge in [0.25, 0.3) is 5.56 Å². The van der Waals surface area contributed by atoms with Crippen LogP contribution in [-0.2, 0) is 31.0 Å².